The smallest absolute Gasteiger partial charge is 0.375 e. The average molecular weight is 303 g/mol. The number of pyridine rings is 1. The Labute approximate surface area is 119 Å². The molecule has 0 aliphatic carbocycles. The van der Waals surface area contributed by atoms with E-state index in [0.29, 0.717) is 19.7 Å². The van der Waals surface area contributed by atoms with Gasteiger partial charge in [-0.1, -0.05) is 6.92 Å². The van der Waals surface area contributed by atoms with Gasteiger partial charge in [0.25, 0.3) is 5.91 Å². The van der Waals surface area contributed by atoms with Crippen LogP contribution < -0.4 is 10.6 Å². The van der Waals surface area contributed by atoms with Crippen LogP contribution in [0.25, 0.3) is 0 Å². The summed E-state index contributed by atoms with van der Waals surface area (Å²) in [5.41, 5.74) is 4.18. The van der Waals surface area contributed by atoms with Crippen molar-refractivity contribution in [2.75, 3.05) is 24.6 Å². The number of hydrogen-bond acceptors (Lipinski definition) is 4. The zero-order valence-corrected chi connectivity index (χ0v) is 11.5. The van der Waals surface area contributed by atoms with Crippen LogP contribution in [0.2, 0.25) is 0 Å². The van der Waals surface area contributed by atoms with Crippen molar-refractivity contribution in [3.05, 3.63) is 23.4 Å². The third-order valence-corrected chi connectivity index (χ3v) is 3.32. The Bertz CT molecular complexity index is 534. The lowest BCUT2D eigenvalue weighted by Gasteiger charge is -2.34. The van der Waals surface area contributed by atoms with Crippen molar-refractivity contribution in [3.8, 4) is 0 Å². The molecule has 1 atom stereocenters. The highest BCUT2D eigenvalue weighted by molar-refractivity contribution is 5.97. The molecule has 1 aromatic heterocycles. The first-order chi connectivity index (χ1) is 9.82. The largest absolute Gasteiger partial charge is 0.433 e. The van der Waals surface area contributed by atoms with E-state index in [4.69, 9.17) is 10.5 Å². The van der Waals surface area contributed by atoms with Crippen molar-refractivity contribution in [1.29, 1.82) is 0 Å². The van der Waals surface area contributed by atoms with Gasteiger partial charge >= 0.3 is 6.18 Å². The normalized spacial score (nSPS) is 19.6. The van der Waals surface area contributed by atoms with E-state index in [2.05, 4.69) is 4.98 Å². The lowest BCUT2D eigenvalue weighted by molar-refractivity contribution is -0.141. The van der Waals surface area contributed by atoms with E-state index in [-0.39, 0.29) is 17.5 Å². The first-order valence-corrected chi connectivity index (χ1v) is 6.57. The van der Waals surface area contributed by atoms with Crippen LogP contribution in [-0.2, 0) is 10.9 Å². The highest BCUT2D eigenvalue weighted by Gasteiger charge is 2.34. The Morgan fingerprint density at radius 3 is 2.81 bits per heavy atom. The van der Waals surface area contributed by atoms with Gasteiger partial charge < -0.3 is 15.4 Å². The highest BCUT2D eigenvalue weighted by Crippen LogP contribution is 2.31. The summed E-state index contributed by atoms with van der Waals surface area (Å²) in [4.78, 5) is 16.6. The monoisotopic (exact) mass is 303 g/mol. The van der Waals surface area contributed by atoms with Gasteiger partial charge in [0.15, 0.2) is 0 Å². The predicted octanol–water partition coefficient (Wildman–Crippen LogP) is 1.81. The zero-order chi connectivity index (χ0) is 15.6. The van der Waals surface area contributed by atoms with Crippen LogP contribution in [0.1, 0.15) is 29.4 Å². The van der Waals surface area contributed by atoms with E-state index in [1.807, 2.05) is 6.92 Å². The van der Waals surface area contributed by atoms with E-state index < -0.39 is 17.8 Å². The number of hydrogen-bond donors (Lipinski definition) is 1. The van der Waals surface area contributed by atoms with Crippen molar-refractivity contribution in [1.82, 2.24) is 4.98 Å². The van der Waals surface area contributed by atoms with Gasteiger partial charge in [0, 0.05) is 13.1 Å². The minimum atomic E-state index is -4.57. The van der Waals surface area contributed by atoms with Crippen LogP contribution in [0, 0.1) is 0 Å². The first-order valence-electron chi connectivity index (χ1n) is 6.57. The summed E-state index contributed by atoms with van der Waals surface area (Å²) in [5, 5.41) is 0. The van der Waals surface area contributed by atoms with Crippen LogP contribution in [0.3, 0.4) is 0 Å². The Morgan fingerprint density at radius 1 is 1.52 bits per heavy atom. The summed E-state index contributed by atoms with van der Waals surface area (Å²) in [6, 6.07) is 1.84. The molecule has 2 rings (SSSR count). The van der Waals surface area contributed by atoms with Crippen molar-refractivity contribution in [3.63, 3.8) is 0 Å². The van der Waals surface area contributed by atoms with Crippen molar-refractivity contribution >= 4 is 11.7 Å². The second-order valence-electron chi connectivity index (χ2n) is 4.78. The van der Waals surface area contributed by atoms with E-state index in [1.54, 1.807) is 4.90 Å². The molecule has 1 aliphatic rings. The van der Waals surface area contributed by atoms with Gasteiger partial charge in [-0.05, 0) is 18.6 Å². The van der Waals surface area contributed by atoms with Gasteiger partial charge in [0.05, 0.1) is 18.3 Å². The maximum Gasteiger partial charge on any atom is 0.433 e. The van der Waals surface area contributed by atoms with Crippen molar-refractivity contribution < 1.29 is 22.7 Å². The van der Waals surface area contributed by atoms with Crippen molar-refractivity contribution in [2.24, 2.45) is 5.73 Å². The topological polar surface area (TPSA) is 68.5 Å². The number of alkyl halides is 3. The molecule has 1 amide bonds. The van der Waals surface area contributed by atoms with E-state index in [9.17, 15) is 18.0 Å². The Morgan fingerprint density at radius 2 is 2.24 bits per heavy atom. The maximum absolute atomic E-state index is 12.8. The quantitative estimate of drug-likeness (QED) is 0.924. The molecular weight excluding hydrogens is 287 g/mol. The van der Waals surface area contributed by atoms with Crippen molar-refractivity contribution in [2.45, 2.75) is 25.6 Å². The predicted molar refractivity (Wildman–Crippen MR) is 70.0 cm³/mol. The first kappa shape index (κ1) is 15.6. The third kappa shape index (κ3) is 3.44. The molecular formula is C13H16F3N3O2. The number of primary amides is 1. The summed E-state index contributed by atoms with van der Waals surface area (Å²) in [6.45, 7) is 3.04. The molecule has 1 fully saturated rings. The minimum absolute atomic E-state index is 0.0141. The second-order valence-corrected chi connectivity index (χ2v) is 4.78. The molecule has 0 bridgehead atoms. The molecule has 1 aromatic rings. The average Bonchev–Trinajstić information content (AvgIpc) is 2.45. The van der Waals surface area contributed by atoms with Gasteiger partial charge in [-0.2, -0.15) is 13.2 Å². The molecule has 0 spiro atoms. The van der Waals surface area contributed by atoms with Crippen LogP contribution in [0.4, 0.5) is 19.0 Å². The summed E-state index contributed by atoms with van der Waals surface area (Å²) < 4.78 is 43.8. The second kappa shape index (κ2) is 5.88. The standard InChI is InChI=1S/C13H16F3N3O2/c1-2-8-7-19(5-6-21-8)12-9(11(17)20)3-4-10(18-12)13(14,15)16/h3-4,8H,2,5-7H2,1H3,(H2,17,20). The van der Waals surface area contributed by atoms with E-state index in [1.165, 1.54) is 0 Å². The number of morpholine rings is 1. The van der Waals surface area contributed by atoms with Gasteiger partial charge in [-0.3, -0.25) is 4.79 Å². The number of rotatable bonds is 3. The summed E-state index contributed by atoms with van der Waals surface area (Å²) in [5.74, 6) is -0.829. The molecule has 0 radical (unpaired) electrons. The highest BCUT2D eigenvalue weighted by atomic mass is 19.4. The van der Waals surface area contributed by atoms with Gasteiger partial charge in [-0.25, -0.2) is 4.98 Å². The SMILES string of the molecule is CCC1CN(c2nc(C(F)(F)F)ccc2C(N)=O)CCO1. The summed E-state index contributed by atoms with van der Waals surface area (Å²) in [6.07, 6.45) is -3.95. The fraction of sp³-hybridized carbons (Fsp3) is 0.538. The minimum Gasteiger partial charge on any atom is -0.375 e. The lowest BCUT2D eigenvalue weighted by atomic mass is 10.1. The molecule has 5 nitrogen and oxygen atoms in total. The molecule has 2 N–H and O–H groups in total. The Kier molecular flexibility index (Phi) is 4.36. The molecule has 116 valence electrons. The maximum atomic E-state index is 12.8. The molecule has 0 saturated carbocycles. The molecule has 8 heteroatoms. The molecule has 0 aromatic carbocycles. The number of ether oxygens (including phenoxy) is 1. The van der Waals surface area contributed by atoms with Crippen LogP contribution in [-0.4, -0.2) is 36.7 Å². The molecule has 1 aliphatic heterocycles. The fourth-order valence-electron chi connectivity index (χ4n) is 2.20. The Hall–Kier alpha value is -1.83. The van der Waals surface area contributed by atoms with E-state index >= 15 is 0 Å². The van der Waals surface area contributed by atoms with Gasteiger partial charge in [-0.15, -0.1) is 0 Å². The van der Waals surface area contributed by atoms with Gasteiger partial charge in [0.2, 0.25) is 0 Å². The molecule has 1 unspecified atom stereocenters. The fourth-order valence-corrected chi connectivity index (χ4v) is 2.20. The lowest BCUT2D eigenvalue weighted by Crippen LogP contribution is -2.43. The summed E-state index contributed by atoms with van der Waals surface area (Å²) >= 11 is 0. The van der Waals surface area contributed by atoms with Crippen LogP contribution in [0.15, 0.2) is 12.1 Å². The van der Waals surface area contributed by atoms with Gasteiger partial charge in [0.1, 0.15) is 11.5 Å². The number of carbonyl (C=O) groups excluding carboxylic acids is 1. The number of halogens is 3. The summed E-state index contributed by atoms with van der Waals surface area (Å²) in [7, 11) is 0. The molecule has 21 heavy (non-hydrogen) atoms. The van der Waals surface area contributed by atoms with Crippen LogP contribution >= 0.6 is 0 Å². The van der Waals surface area contributed by atoms with E-state index in [0.717, 1.165) is 18.6 Å². The third-order valence-electron chi connectivity index (χ3n) is 3.32. The number of anilines is 1. The zero-order valence-electron chi connectivity index (χ0n) is 11.5. The Balaban J connectivity index is 2.41. The number of aromatic nitrogens is 1. The number of nitrogens with zero attached hydrogens (tertiary/aromatic N) is 2. The number of carbonyl (C=O) groups is 1. The van der Waals surface area contributed by atoms with Crippen LogP contribution in [0.5, 0.6) is 0 Å². The molecule has 2 heterocycles. The number of nitrogens with two attached hydrogens (primary N) is 1. The number of amides is 1. The molecule has 1 saturated heterocycles.